The lowest BCUT2D eigenvalue weighted by atomic mass is 10.0. The van der Waals surface area contributed by atoms with Gasteiger partial charge in [-0.2, -0.15) is 0 Å². The van der Waals surface area contributed by atoms with Crippen molar-refractivity contribution in [2.45, 2.75) is 18.9 Å². The van der Waals surface area contributed by atoms with E-state index < -0.39 is 18.6 Å². The van der Waals surface area contributed by atoms with Gasteiger partial charge in [0.25, 0.3) is 5.85 Å². The Morgan fingerprint density at radius 2 is 2.40 bits per heavy atom. The fourth-order valence-corrected chi connectivity index (χ4v) is 1.01. The Morgan fingerprint density at radius 1 is 1.80 bits per heavy atom. The second kappa shape index (κ2) is 2.45. The highest BCUT2D eigenvalue weighted by Gasteiger charge is 2.47. The van der Waals surface area contributed by atoms with Crippen LogP contribution in [0.5, 0.6) is 0 Å². The highest BCUT2D eigenvalue weighted by Crippen LogP contribution is 2.30. The summed E-state index contributed by atoms with van der Waals surface area (Å²) in [7, 11) is 0. The molecule has 1 heterocycles. The van der Waals surface area contributed by atoms with Crippen LogP contribution in [-0.2, 0) is 4.74 Å². The standard InChI is InChI=1S/C6H11FO3/c1-4-2-10-6(7,3-8)5(4)9/h4-5,8-9H,2-3H2,1H3. The second-order valence-electron chi connectivity index (χ2n) is 2.68. The third-order valence-electron chi connectivity index (χ3n) is 1.78. The summed E-state index contributed by atoms with van der Waals surface area (Å²) in [5, 5.41) is 17.5. The van der Waals surface area contributed by atoms with Gasteiger partial charge >= 0.3 is 0 Å². The first-order valence-electron chi connectivity index (χ1n) is 3.22. The van der Waals surface area contributed by atoms with Crippen LogP contribution in [0.4, 0.5) is 4.39 Å². The summed E-state index contributed by atoms with van der Waals surface area (Å²) in [5.74, 6) is -2.46. The van der Waals surface area contributed by atoms with Gasteiger partial charge in [0, 0.05) is 5.92 Å². The van der Waals surface area contributed by atoms with Crippen LogP contribution in [0.25, 0.3) is 0 Å². The van der Waals surface area contributed by atoms with Crippen molar-refractivity contribution in [1.82, 2.24) is 0 Å². The normalized spacial score (nSPS) is 48.0. The molecule has 2 N–H and O–H groups in total. The highest BCUT2D eigenvalue weighted by molar-refractivity contribution is 4.86. The van der Waals surface area contributed by atoms with Gasteiger partial charge in [-0.3, -0.25) is 0 Å². The topological polar surface area (TPSA) is 49.7 Å². The number of hydrogen-bond acceptors (Lipinski definition) is 3. The molecular formula is C6H11FO3. The predicted octanol–water partition coefficient (Wildman–Crippen LogP) is -0.328. The van der Waals surface area contributed by atoms with Crippen molar-refractivity contribution in [3.63, 3.8) is 0 Å². The number of aliphatic hydroxyl groups excluding tert-OH is 2. The van der Waals surface area contributed by atoms with Crippen LogP contribution >= 0.6 is 0 Å². The average Bonchev–Trinajstić information content (AvgIpc) is 2.19. The molecule has 0 radical (unpaired) electrons. The second-order valence-corrected chi connectivity index (χ2v) is 2.68. The summed E-state index contributed by atoms with van der Waals surface area (Å²) in [6.45, 7) is 1.05. The monoisotopic (exact) mass is 150 g/mol. The Hall–Kier alpha value is -0.190. The maximum atomic E-state index is 13.0. The summed E-state index contributed by atoms with van der Waals surface area (Å²) in [6.07, 6.45) is -1.20. The van der Waals surface area contributed by atoms with Gasteiger partial charge in [0.15, 0.2) is 0 Å². The zero-order valence-corrected chi connectivity index (χ0v) is 5.75. The molecule has 1 rings (SSSR count). The molecule has 60 valence electrons. The van der Waals surface area contributed by atoms with Gasteiger partial charge in [0.05, 0.1) is 6.61 Å². The number of ether oxygens (including phenoxy) is 1. The molecule has 0 aromatic carbocycles. The molecule has 0 aliphatic carbocycles. The van der Waals surface area contributed by atoms with E-state index in [9.17, 15) is 4.39 Å². The Balaban J connectivity index is 2.64. The minimum atomic E-state index is -2.22. The molecule has 1 fully saturated rings. The first kappa shape index (κ1) is 7.91. The maximum absolute atomic E-state index is 13.0. The zero-order valence-electron chi connectivity index (χ0n) is 5.75. The zero-order chi connectivity index (χ0) is 7.78. The summed E-state index contributed by atoms with van der Waals surface area (Å²) < 4.78 is 17.5. The van der Waals surface area contributed by atoms with Crippen LogP contribution in [-0.4, -0.2) is 35.4 Å². The number of hydrogen-bond donors (Lipinski definition) is 2. The van der Waals surface area contributed by atoms with E-state index in [1.807, 2.05) is 0 Å². The number of aliphatic hydroxyl groups is 2. The third-order valence-corrected chi connectivity index (χ3v) is 1.78. The molecule has 10 heavy (non-hydrogen) atoms. The van der Waals surface area contributed by atoms with Gasteiger partial charge in [-0.15, -0.1) is 0 Å². The number of rotatable bonds is 1. The quantitative estimate of drug-likeness (QED) is 0.538. The molecule has 0 aromatic rings. The van der Waals surface area contributed by atoms with Crippen LogP contribution in [0.15, 0.2) is 0 Å². The molecule has 0 bridgehead atoms. The molecule has 1 aliphatic rings. The van der Waals surface area contributed by atoms with E-state index in [-0.39, 0.29) is 12.5 Å². The van der Waals surface area contributed by atoms with E-state index >= 15 is 0 Å². The van der Waals surface area contributed by atoms with E-state index in [4.69, 9.17) is 10.2 Å². The lowest BCUT2D eigenvalue weighted by Gasteiger charge is -2.20. The summed E-state index contributed by atoms with van der Waals surface area (Å²) in [6, 6.07) is 0. The van der Waals surface area contributed by atoms with Crippen molar-refractivity contribution in [1.29, 1.82) is 0 Å². The minimum Gasteiger partial charge on any atom is -0.390 e. The lowest BCUT2D eigenvalue weighted by Crippen LogP contribution is -2.39. The maximum Gasteiger partial charge on any atom is 0.258 e. The highest BCUT2D eigenvalue weighted by atomic mass is 19.2. The SMILES string of the molecule is CC1COC(F)(CO)C1O. The van der Waals surface area contributed by atoms with Crippen LogP contribution in [0, 0.1) is 5.92 Å². The molecule has 3 nitrogen and oxygen atoms in total. The van der Waals surface area contributed by atoms with Gasteiger partial charge in [0.2, 0.25) is 0 Å². The van der Waals surface area contributed by atoms with Gasteiger partial charge in [-0.05, 0) is 0 Å². The third kappa shape index (κ3) is 1.02. The molecule has 3 unspecified atom stereocenters. The largest absolute Gasteiger partial charge is 0.390 e. The van der Waals surface area contributed by atoms with E-state index in [0.717, 1.165) is 0 Å². The van der Waals surface area contributed by atoms with E-state index in [2.05, 4.69) is 4.74 Å². The first-order chi connectivity index (χ1) is 4.60. The van der Waals surface area contributed by atoms with Crippen molar-refractivity contribution in [3.05, 3.63) is 0 Å². The summed E-state index contributed by atoms with van der Waals surface area (Å²) in [5.41, 5.74) is 0. The smallest absolute Gasteiger partial charge is 0.258 e. The van der Waals surface area contributed by atoms with E-state index in [0.29, 0.717) is 0 Å². The average molecular weight is 150 g/mol. The molecule has 1 aliphatic heterocycles. The van der Waals surface area contributed by atoms with Crippen molar-refractivity contribution < 1.29 is 19.3 Å². The van der Waals surface area contributed by atoms with Gasteiger partial charge in [0.1, 0.15) is 12.7 Å². The Morgan fingerprint density at radius 3 is 2.60 bits per heavy atom. The van der Waals surface area contributed by atoms with Gasteiger partial charge < -0.3 is 14.9 Å². The van der Waals surface area contributed by atoms with Crippen LogP contribution in [0.2, 0.25) is 0 Å². The van der Waals surface area contributed by atoms with Gasteiger partial charge in [-0.25, -0.2) is 4.39 Å². The van der Waals surface area contributed by atoms with Crippen LogP contribution in [0.3, 0.4) is 0 Å². The molecule has 0 saturated carbocycles. The van der Waals surface area contributed by atoms with Crippen molar-refractivity contribution in [2.75, 3.05) is 13.2 Å². The minimum absolute atomic E-state index is 0.165. The fraction of sp³-hybridized carbons (Fsp3) is 1.00. The fourth-order valence-electron chi connectivity index (χ4n) is 1.01. The van der Waals surface area contributed by atoms with Crippen molar-refractivity contribution in [3.8, 4) is 0 Å². The molecular weight excluding hydrogens is 139 g/mol. The van der Waals surface area contributed by atoms with E-state index in [1.165, 1.54) is 0 Å². The Kier molecular flexibility index (Phi) is 1.94. The molecule has 0 spiro atoms. The Bertz CT molecular complexity index is 130. The molecule has 1 saturated heterocycles. The van der Waals surface area contributed by atoms with Crippen LogP contribution < -0.4 is 0 Å². The molecule has 4 heteroatoms. The molecule has 0 aromatic heterocycles. The van der Waals surface area contributed by atoms with Gasteiger partial charge in [-0.1, -0.05) is 6.92 Å². The number of alkyl halides is 1. The number of halogens is 1. The molecule has 0 amide bonds. The lowest BCUT2D eigenvalue weighted by molar-refractivity contribution is -0.180. The first-order valence-corrected chi connectivity index (χ1v) is 3.22. The molecule has 3 atom stereocenters. The predicted molar refractivity (Wildman–Crippen MR) is 32.0 cm³/mol. The van der Waals surface area contributed by atoms with Crippen LogP contribution in [0.1, 0.15) is 6.92 Å². The summed E-state index contributed by atoms with van der Waals surface area (Å²) >= 11 is 0. The van der Waals surface area contributed by atoms with Crippen molar-refractivity contribution >= 4 is 0 Å². The van der Waals surface area contributed by atoms with Crippen molar-refractivity contribution in [2.24, 2.45) is 5.92 Å². The Labute approximate surface area is 58.4 Å². The summed E-state index contributed by atoms with van der Waals surface area (Å²) in [4.78, 5) is 0. The van der Waals surface area contributed by atoms with E-state index in [1.54, 1.807) is 6.92 Å².